The van der Waals surface area contributed by atoms with Crippen molar-refractivity contribution in [1.29, 1.82) is 0 Å². The summed E-state index contributed by atoms with van der Waals surface area (Å²) in [6, 6.07) is 12.7. The van der Waals surface area contributed by atoms with Crippen molar-refractivity contribution in [3.05, 3.63) is 84.4 Å². The van der Waals surface area contributed by atoms with Crippen LogP contribution in [0, 0.1) is 0 Å². The first kappa shape index (κ1) is 25.4. The molecule has 0 saturated heterocycles. The van der Waals surface area contributed by atoms with Gasteiger partial charge in [-0.3, -0.25) is 9.48 Å². The summed E-state index contributed by atoms with van der Waals surface area (Å²) in [5.41, 5.74) is 0.305. The Morgan fingerprint density at radius 3 is 2.73 bits per heavy atom. The van der Waals surface area contributed by atoms with Crippen LogP contribution in [0.25, 0.3) is 16.9 Å². The van der Waals surface area contributed by atoms with Crippen LogP contribution < -0.4 is 14.8 Å². The predicted octanol–water partition coefficient (Wildman–Crippen LogP) is 6.12. The fourth-order valence-corrected chi connectivity index (χ4v) is 4.66. The number of benzene rings is 2. The molecule has 12 heteroatoms. The molecule has 2 aromatic carbocycles. The number of hydrogen-bond acceptors (Lipinski definition) is 6. The summed E-state index contributed by atoms with van der Waals surface area (Å²) < 4.78 is 55.2. The molecule has 0 aliphatic heterocycles. The van der Waals surface area contributed by atoms with Crippen LogP contribution in [0.1, 0.15) is 35.2 Å². The van der Waals surface area contributed by atoms with E-state index in [1.165, 1.54) is 46.0 Å². The lowest BCUT2D eigenvalue weighted by Gasteiger charge is -2.34. The molecule has 0 unspecified atom stereocenters. The Morgan fingerprint density at radius 1 is 1.12 bits per heavy atom. The molecular formula is C28H23F3N6O3. The van der Waals surface area contributed by atoms with Crippen molar-refractivity contribution in [2.45, 2.75) is 31.5 Å². The van der Waals surface area contributed by atoms with Gasteiger partial charge in [-0.15, -0.1) is 0 Å². The maximum Gasteiger partial charge on any atom is 0.387 e. The second-order valence-corrected chi connectivity index (χ2v) is 9.45. The van der Waals surface area contributed by atoms with Gasteiger partial charge in [0.1, 0.15) is 34.2 Å². The number of aromatic nitrogens is 5. The normalized spacial score (nSPS) is 14.2. The molecule has 3 aromatic heterocycles. The minimum atomic E-state index is -3.10. The van der Waals surface area contributed by atoms with Crippen LogP contribution in [-0.4, -0.2) is 36.9 Å². The topological polar surface area (TPSA) is 95.6 Å². The average molecular weight is 549 g/mol. The number of amides is 1. The minimum Gasteiger partial charge on any atom is -0.457 e. The van der Waals surface area contributed by atoms with Gasteiger partial charge >= 0.3 is 6.61 Å². The fraction of sp³-hybridized carbons (Fsp3) is 0.214. The van der Waals surface area contributed by atoms with Crippen molar-refractivity contribution in [2.75, 3.05) is 5.32 Å². The van der Waals surface area contributed by atoms with Gasteiger partial charge in [-0.1, -0.05) is 12.1 Å². The molecular weight excluding hydrogens is 525 g/mol. The first-order chi connectivity index (χ1) is 19.3. The van der Waals surface area contributed by atoms with Gasteiger partial charge in [0.2, 0.25) is 0 Å². The second-order valence-electron chi connectivity index (χ2n) is 9.45. The number of rotatable bonds is 8. The monoisotopic (exact) mass is 548 g/mol. The standard InChI is InChI=1S/C28H23F3N6O3/c1-36-16-22(34-26(38)21-15-33-37-12-4-11-32-25(21)37)24(35-36)20-14-19(7-8-23(20)40-27(29)30)39-18-6-2-5-17(13-18)28(31)9-3-10-28/h2,4-8,11-16,27H,3,9-10H2,1H3,(H,34,38). The van der Waals surface area contributed by atoms with Gasteiger partial charge in [-0.2, -0.15) is 19.0 Å². The highest BCUT2D eigenvalue weighted by Crippen LogP contribution is 2.46. The number of nitrogens with one attached hydrogen (secondary N) is 1. The first-order valence-electron chi connectivity index (χ1n) is 12.5. The Morgan fingerprint density at radius 2 is 1.95 bits per heavy atom. The number of aryl methyl sites for hydroxylation is 1. The third-order valence-corrected chi connectivity index (χ3v) is 6.76. The van der Waals surface area contributed by atoms with Crippen LogP contribution in [0.15, 0.2) is 73.3 Å². The van der Waals surface area contributed by atoms with Gasteiger partial charge in [0.05, 0.1) is 17.4 Å². The van der Waals surface area contributed by atoms with Gasteiger partial charge in [-0.05, 0) is 61.2 Å². The molecule has 5 aromatic rings. The molecule has 40 heavy (non-hydrogen) atoms. The fourth-order valence-electron chi connectivity index (χ4n) is 4.66. The Bertz CT molecular complexity index is 1710. The van der Waals surface area contributed by atoms with Crippen molar-refractivity contribution in [3.8, 4) is 28.5 Å². The van der Waals surface area contributed by atoms with E-state index in [0.717, 1.165) is 6.42 Å². The van der Waals surface area contributed by atoms with Gasteiger partial charge in [0.25, 0.3) is 5.91 Å². The van der Waals surface area contributed by atoms with Crippen molar-refractivity contribution >= 4 is 17.2 Å². The van der Waals surface area contributed by atoms with Crippen LogP contribution in [0.2, 0.25) is 0 Å². The Labute approximate surface area is 226 Å². The van der Waals surface area contributed by atoms with Crippen molar-refractivity contribution in [3.63, 3.8) is 0 Å². The number of nitrogens with zero attached hydrogens (tertiary/aromatic N) is 5. The number of carbonyl (C=O) groups excluding carboxylic acids is 1. The Balaban J connectivity index is 1.34. The number of fused-ring (bicyclic) bond motifs is 1. The van der Waals surface area contributed by atoms with E-state index in [0.29, 0.717) is 29.8 Å². The summed E-state index contributed by atoms with van der Waals surface area (Å²) in [6.45, 7) is -3.10. The SMILES string of the molecule is Cn1cc(NC(=O)c2cnn3cccnc23)c(-c2cc(Oc3cccc(C4(F)CCC4)c3)ccc2OC(F)F)n1. The zero-order chi connectivity index (χ0) is 27.9. The van der Waals surface area contributed by atoms with E-state index < -0.39 is 18.2 Å². The zero-order valence-corrected chi connectivity index (χ0v) is 21.2. The molecule has 0 radical (unpaired) electrons. The van der Waals surface area contributed by atoms with Gasteiger partial charge in [0.15, 0.2) is 5.65 Å². The maximum atomic E-state index is 15.0. The maximum absolute atomic E-state index is 15.0. The number of ether oxygens (including phenoxy) is 2. The largest absolute Gasteiger partial charge is 0.457 e. The van der Waals surface area contributed by atoms with E-state index in [9.17, 15) is 18.0 Å². The third kappa shape index (κ3) is 4.83. The summed E-state index contributed by atoms with van der Waals surface area (Å²) in [4.78, 5) is 17.3. The highest BCUT2D eigenvalue weighted by molar-refractivity contribution is 6.09. The van der Waals surface area contributed by atoms with E-state index in [1.807, 2.05) is 0 Å². The van der Waals surface area contributed by atoms with E-state index in [4.69, 9.17) is 9.47 Å². The molecule has 6 rings (SSSR count). The molecule has 9 nitrogen and oxygen atoms in total. The number of carbonyl (C=O) groups is 1. The van der Waals surface area contributed by atoms with Crippen LogP contribution in [-0.2, 0) is 12.7 Å². The molecule has 0 bridgehead atoms. The van der Waals surface area contributed by atoms with Crippen LogP contribution in [0.4, 0.5) is 18.9 Å². The second kappa shape index (κ2) is 10.0. The average Bonchev–Trinajstić information content (AvgIpc) is 3.51. The molecule has 0 spiro atoms. The number of anilines is 1. The predicted molar refractivity (Wildman–Crippen MR) is 139 cm³/mol. The Hall–Kier alpha value is -4.87. The quantitative estimate of drug-likeness (QED) is 0.251. The summed E-state index contributed by atoms with van der Waals surface area (Å²) in [6.07, 6.45) is 7.86. The molecule has 1 N–H and O–H groups in total. The summed E-state index contributed by atoms with van der Waals surface area (Å²) in [7, 11) is 1.63. The minimum absolute atomic E-state index is 0.156. The van der Waals surface area contributed by atoms with Crippen LogP contribution >= 0.6 is 0 Å². The molecule has 1 aliphatic rings. The number of hydrogen-bond donors (Lipinski definition) is 1. The van der Waals surface area contributed by atoms with E-state index >= 15 is 0 Å². The molecule has 1 aliphatic carbocycles. The van der Waals surface area contributed by atoms with Gasteiger partial charge in [0, 0.05) is 25.6 Å². The smallest absolute Gasteiger partial charge is 0.387 e. The molecule has 3 heterocycles. The lowest BCUT2D eigenvalue weighted by molar-refractivity contribution is -0.0494. The highest BCUT2D eigenvalue weighted by Gasteiger charge is 2.39. The Kier molecular flexibility index (Phi) is 6.37. The molecule has 1 saturated carbocycles. The van der Waals surface area contributed by atoms with Gasteiger partial charge in [-0.25, -0.2) is 13.9 Å². The molecule has 1 amide bonds. The number of alkyl halides is 3. The molecule has 204 valence electrons. The summed E-state index contributed by atoms with van der Waals surface area (Å²) in [5, 5.41) is 11.3. The van der Waals surface area contributed by atoms with Gasteiger partial charge < -0.3 is 14.8 Å². The van der Waals surface area contributed by atoms with E-state index in [2.05, 4.69) is 20.5 Å². The van der Waals surface area contributed by atoms with Crippen molar-refractivity contribution < 1.29 is 27.4 Å². The summed E-state index contributed by atoms with van der Waals surface area (Å²) >= 11 is 0. The lowest BCUT2D eigenvalue weighted by atomic mass is 9.77. The zero-order valence-electron chi connectivity index (χ0n) is 21.2. The van der Waals surface area contributed by atoms with Crippen LogP contribution in [0.5, 0.6) is 17.2 Å². The first-order valence-corrected chi connectivity index (χ1v) is 12.5. The van der Waals surface area contributed by atoms with E-state index in [1.54, 1.807) is 43.6 Å². The lowest BCUT2D eigenvalue weighted by Crippen LogP contribution is -2.28. The summed E-state index contributed by atoms with van der Waals surface area (Å²) in [5.74, 6) is -0.00477. The van der Waals surface area contributed by atoms with Crippen LogP contribution in [0.3, 0.4) is 0 Å². The molecule has 1 fully saturated rings. The third-order valence-electron chi connectivity index (χ3n) is 6.76. The van der Waals surface area contributed by atoms with Crippen molar-refractivity contribution in [2.24, 2.45) is 7.05 Å². The van der Waals surface area contributed by atoms with E-state index in [-0.39, 0.29) is 34.0 Å². The molecule has 0 atom stereocenters. The van der Waals surface area contributed by atoms with Crippen molar-refractivity contribution in [1.82, 2.24) is 24.4 Å². The number of halogens is 3. The highest BCUT2D eigenvalue weighted by atomic mass is 19.3.